The van der Waals surface area contributed by atoms with Gasteiger partial charge in [0.1, 0.15) is 5.78 Å². The van der Waals surface area contributed by atoms with Crippen molar-refractivity contribution in [3.05, 3.63) is 12.2 Å². The van der Waals surface area contributed by atoms with E-state index in [0.29, 0.717) is 17.1 Å². The number of allylic oxidation sites excluding steroid dienone is 2. The lowest BCUT2D eigenvalue weighted by atomic mass is 9.63. The molecule has 1 unspecified atom stereocenters. The first-order valence-corrected chi connectivity index (χ1v) is 7.42. The molecular formula is C16H26O. The van der Waals surface area contributed by atoms with E-state index in [1.54, 1.807) is 0 Å². The highest BCUT2D eigenvalue weighted by Crippen LogP contribution is 2.48. The van der Waals surface area contributed by atoms with Gasteiger partial charge < -0.3 is 0 Å². The largest absolute Gasteiger partial charge is 0.300 e. The summed E-state index contributed by atoms with van der Waals surface area (Å²) in [6.45, 7) is 2.31. The maximum Gasteiger partial charge on any atom is 0.133 e. The van der Waals surface area contributed by atoms with E-state index in [-0.39, 0.29) is 0 Å². The van der Waals surface area contributed by atoms with E-state index in [2.05, 4.69) is 19.1 Å². The van der Waals surface area contributed by atoms with Crippen LogP contribution in [0.4, 0.5) is 0 Å². The predicted molar refractivity (Wildman–Crippen MR) is 71.9 cm³/mol. The third-order valence-electron chi connectivity index (χ3n) is 4.73. The lowest BCUT2D eigenvalue weighted by molar-refractivity contribution is -0.117. The number of ketones is 1. The van der Waals surface area contributed by atoms with E-state index in [1.165, 1.54) is 44.9 Å². The highest BCUT2D eigenvalue weighted by atomic mass is 16.1. The van der Waals surface area contributed by atoms with E-state index >= 15 is 0 Å². The molecule has 2 aliphatic carbocycles. The van der Waals surface area contributed by atoms with Crippen LogP contribution in [0.3, 0.4) is 0 Å². The molecule has 0 spiro atoms. The van der Waals surface area contributed by atoms with Gasteiger partial charge in [0.15, 0.2) is 0 Å². The van der Waals surface area contributed by atoms with Gasteiger partial charge >= 0.3 is 0 Å². The van der Waals surface area contributed by atoms with Crippen molar-refractivity contribution in [2.75, 3.05) is 0 Å². The molecule has 0 radical (unpaired) electrons. The van der Waals surface area contributed by atoms with Gasteiger partial charge in [-0.05, 0) is 49.9 Å². The maximum absolute atomic E-state index is 11.2. The van der Waals surface area contributed by atoms with Crippen LogP contribution in [-0.2, 0) is 4.79 Å². The Morgan fingerprint density at radius 1 is 1.35 bits per heavy atom. The third kappa shape index (κ3) is 3.43. The highest BCUT2D eigenvalue weighted by Gasteiger charge is 2.34. The van der Waals surface area contributed by atoms with Crippen molar-refractivity contribution >= 4 is 5.78 Å². The monoisotopic (exact) mass is 234 g/mol. The van der Waals surface area contributed by atoms with E-state index in [9.17, 15) is 4.79 Å². The van der Waals surface area contributed by atoms with Crippen molar-refractivity contribution in [3.63, 3.8) is 0 Å². The molecule has 0 heterocycles. The summed E-state index contributed by atoms with van der Waals surface area (Å²) in [7, 11) is 0. The summed E-state index contributed by atoms with van der Waals surface area (Å²) in [5, 5.41) is 0. The minimum Gasteiger partial charge on any atom is -0.300 e. The Bertz CT molecular complexity index is 286. The van der Waals surface area contributed by atoms with Crippen molar-refractivity contribution in [1.29, 1.82) is 0 Å². The van der Waals surface area contributed by atoms with Gasteiger partial charge in [-0.25, -0.2) is 0 Å². The summed E-state index contributed by atoms with van der Waals surface area (Å²) in [5.74, 6) is 1.02. The fourth-order valence-corrected chi connectivity index (χ4v) is 3.52. The number of rotatable bonds is 6. The smallest absolute Gasteiger partial charge is 0.133 e. The SMILES string of the molecule is CCCC1(CC/C=C/C2CCC(=O)C2)CCC1. The van der Waals surface area contributed by atoms with Crippen molar-refractivity contribution in [3.8, 4) is 0 Å². The van der Waals surface area contributed by atoms with Gasteiger partial charge in [-0.1, -0.05) is 31.9 Å². The van der Waals surface area contributed by atoms with Gasteiger partial charge in [0.05, 0.1) is 0 Å². The highest BCUT2D eigenvalue weighted by molar-refractivity contribution is 5.80. The van der Waals surface area contributed by atoms with Crippen LogP contribution in [-0.4, -0.2) is 5.78 Å². The number of hydrogen-bond acceptors (Lipinski definition) is 1. The van der Waals surface area contributed by atoms with E-state index < -0.39 is 0 Å². The fraction of sp³-hybridized carbons (Fsp3) is 0.812. The molecule has 0 bridgehead atoms. The molecule has 1 nitrogen and oxygen atoms in total. The Hall–Kier alpha value is -0.590. The molecule has 2 fully saturated rings. The molecule has 0 saturated heterocycles. The van der Waals surface area contributed by atoms with Crippen molar-refractivity contribution < 1.29 is 4.79 Å². The molecule has 0 aromatic carbocycles. The molecule has 0 aromatic rings. The summed E-state index contributed by atoms with van der Waals surface area (Å²) in [6, 6.07) is 0. The summed E-state index contributed by atoms with van der Waals surface area (Å²) in [5.41, 5.74) is 0.699. The second kappa shape index (κ2) is 5.84. The average molecular weight is 234 g/mol. The van der Waals surface area contributed by atoms with Gasteiger partial charge in [0, 0.05) is 12.8 Å². The van der Waals surface area contributed by atoms with Crippen LogP contribution in [0.1, 0.15) is 71.1 Å². The zero-order valence-electron chi connectivity index (χ0n) is 11.2. The standard InChI is InChI=1S/C16H26O/c1-2-9-16(11-5-12-16)10-4-3-6-14-7-8-15(17)13-14/h3,6,14H,2,4-5,7-13H2,1H3/b6-3+. The lowest BCUT2D eigenvalue weighted by Gasteiger charge is -2.42. The van der Waals surface area contributed by atoms with Crippen LogP contribution in [0.25, 0.3) is 0 Å². The molecule has 1 heteroatoms. The number of hydrogen-bond donors (Lipinski definition) is 0. The quantitative estimate of drug-likeness (QED) is 0.611. The zero-order chi connectivity index (χ0) is 12.1. The van der Waals surface area contributed by atoms with Crippen LogP contribution < -0.4 is 0 Å². The Balaban J connectivity index is 1.68. The Morgan fingerprint density at radius 3 is 2.71 bits per heavy atom. The predicted octanol–water partition coefficient (Wildman–Crippen LogP) is 4.66. The first-order valence-electron chi connectivity index (χ1n) is 7.42. The normalized spacial score (nSPS) is 27.6. The van der Waals surface area contributed by atoms with Gasteiger partial charge in [-0.3, -0.25) is 4.79 Å². The number of carbonyl (C=O) groups is 1. The molecule has 1 atom stereocenters. The van der Waals surface area contributed by atoms with Gasteiger partial charge in [0.25, 0.3) is 0 Å². The number of Topliss-reactive ketones (excluding diaryl/α,β-unsaturated/α-hetero) is 1. The van der Waals surface area contributed by atoms with Crippen LogP contribution in [0.5, 0.6) is 0 Å². The molecule has 2 aliphatic rings. The minimum absolute atomic E-state index is 0.459. The molecule has 0 N–H and O–H groups in total. The molecule has 2 rings (SSSR count). The van der Waals surface area contributed by atoms with Gasteiger partial charge in [-0.2, -0.15) is 0 Å². The first kappa shape index (κ1) is 12.9. The number of carbonyl (C=O) groups excluding carboxylic acids is 1. The molecule has 0 amide bonds. The van der Waals surface area contributed by atoms with Crippen LogP contribution in [0.2, 0.25) is 0 Å². The van der Waals surface area contributed by atoms with Crippen molar-refractivity contribution in [2.45, 2.75) is 71.1 Å². The maximum atomic E-state index is 11.2. The van der Waals surface area contributed by atoms with Crippen LogP contribution in [0.15, 0.2) is 12.2 Å². The lowest BCUT2D eigenvalue weighted by Crippen LogP contribution is -2.28. The average Bonchev–Trinajstić information content (AvgIpc) is 2.66. The Labute approximate surface area is 106 Å². The Morgan fingerprint density at radius 2 is 2.18 bits per heavy atom. The summed E-state index contributed by atoms with van der Waals surface area (Å²) in [4.78, 5) is 11.2. The molecular weight excluding hydrogens is 208 g/mol. The molecule has 0 aromatic heterocycles. The molecule has 2 saturated carbocycles. The molecule has 0 aliphatic heterocycles. The fourth-order valence-electron chi connectivity index (χ4n) is 3.52. The van der Waals surface area contributed by atoms with Crippen LogP contribution in [0, 0.1) is 11.3 Å². The van der Waals surface area contributed by atoms with E-state index in [1.807, 2.05) is 0 Å². The molecule has 96 valence electrons. The minimum atomic E-state index is 0.459. The summed E-state index contributed by atoms with van der Waals surface area (Å²) >= 11 is 0. The Kier molecular flexibility index (Phi) is 4.42. The van der Waals surface area contributed by atoms with Crippen molar-refractivity contribution in [1.82, 2.24) is 0 Å². The van der Waals surface area contributed by atoms with Gasteiger partial charge in [0.2, 0.25) is 0 Å². The second-order valence-corrected chi connectivity index (χ2v) is 6.11. The first-order chi connectivity index (χ1) is 8.24. The summed E-state index contributed by atoms with van der Waals surface area (Å²) < 4.78 is 0. The van der Waals surface area contributed by atoms with Gasteiger partial charge in [-0.15, -0.1) is 0 Å². The molecule has 17 heavy (non-hydrogen) atoms. The topological polar surface area (TPSA) is 17.1 Å². The van der Waals surface area contributed by atoms with E-state index in [4.69, 9.17) is 0 Å². The third-order valence-corrected chi connectivity index (χ3v) is 4.73. The second-order valence-electron chi connectivity index (χ2n) is 6.11. The van der Waals surface area contributed by atoms with Crippen molar-refractivity contribution in [2.24, 2.45) is 11.3 Å². The van der Waals surface area contributed by atoms with E-state index in [0.717, 1.165) is 19.3 Å². The summed E-state index contributed by atoms with van der Waals surface area (Å²) in [6.07, 6.45) is 17.1. The zero-order valence-corrected chi connectivity index (χ0v) is 11.2. The van der Waals surface area contributed by atoms with Crippen LogP contribution >= 0.6 is 0 Å².